The molecule has 9 heteroatoms. The minimum atomic E-state index is -3.05. The van der Waals surface area contributed by atoms with Crippen LogP contribution in [0.2, 0.25) is 0 Å². The topological polar surface area (TPSA) is 73.6 Å². The summed E-state index contributed by atoms with van der Waals surface area (Å²) in [6.45, 7) is 7.35. The number of hydrogen-bond acceptors (Lipinski definition) is 6. The average Bonchev–Trinajstić information content (AvgIpc) is 3.20. The van der Waals surface area contributed by atoms with Crippen LogP contribution in [-0.2, 0) is 0 Å². The molecule has 1 atom stereocenters. The fourth-order valence-electron chi connectivity index (χ4n) is 3.04. The van der Waals surface area contributed by atoms with Gasteiger partial charge in [-0.15, -0.1) is 6.58 Å². The molecule has 0 aliphatic rings. The summed E-state index contributed by atoms with van der Waals surface area (Å²) < 4.78 is 40.3. The molecule has 0 saturated heterocycles. The monoisotopic (exact) mass is 417 g/mol. The van der Waals surface area contributed by atoms with Crippen molar-refractivity contribution in [3.63, 3.8) is 0 Å². The van der Waals surface area contributed by atoms with Crippen LogP contribution in [0.1, 0.15) is 32.0 Å². The Morgan fingerprint density at radius 1 is 1.37 bits per heavy atom. The van der Waals surface area contributed by atoms with Crippen molar-refractivity contribution in [3.8, 4) is 22.9 Å². The summed E-state index contributed by atoms with van der Waals surface area (Å²) >= 11 is 0. The van der Waals surface area contributed by atoms with Gasteiger partial charge in [0.05, 0.1) is 24.7 Å². The molecule has 0 saturated carbocycles. The van der Waals surface area contributed by atoms with Crippen molar-refractivity contribution in [1.82, 2.24) is 24.7 Å². The zero-order chi connectivity index (χ0) is 21.7. The summed E-state index contributed by atoms with van der Waals surface area (Å²) in [5, 5.41) is 3.31. The Bertz CT molecular complexity index is 1020. The molecule has 3 heterocycles. The van der Waals surface area contributed by atoms with Gasteiger partial charge in [0.25, 0.3) is 11.8 Å². The molecule has 0 amide bonds. The van der Waals surface area contributed by atoms with Crippen LogP contribution in [-0.4, -0.2) is 45.5 Å². The van der Waals surface area contributed by atoms with Crippen LogP contribution in [0.3, 0.4) is 0 Å². The highest BCUT2D eigenvalue weighted by atomic mass is 19.3. The summed E-state index contributed by atoms with van der Waals surface area (Å²) in [6, 6.07) is 1.89. The average molecular weight is 417 g/mol. The largest absolute Gasteiger partial charge is 0.494 e. The smallest absolute Gasteiger partial charge is 0.284 e. The van der Waals surface area contributed by atoms with Gasteiger partial charge in [-0.25, -0.2) is 18.7 Å². The number of aromatic nitrogens is 4. The number of imidazole rings is 1. The SMILES string of the molecule is C=CCC(F)(F)COc1nc(-c2cc([C@@H](C)NCC)ncc2OC)cn2ccnc12. The van der Waals surface area contributed by atoms with Crippen LogP contribution in [0, 0.1) is 0 Å². The quantitative estimate of drug-likeness (QED) is 0.502. The van der Waals surface area contributed by atoms with E-state index in [1.807, 2.05) is 19.9 Å². The Morgan fingerprint density at radius 2 is 2.17 bits per heavy atom. The highest BCUT2D eigenvalue weighted by molar-refractivity contribution is 5.69. The molecule has 0 unspecified atom stereocenters. The maximum Gasteiger partial charge on any atom is 0.284 e. The summed E-state index contributed by atoms with van der Waals surface area (Å²) in [5.41, 5.74) is 2.32. The second kappa shape index (κ2) is 9.17. The van der Waals surface area contributed by atoms with Gasteiger partial charge in [-0.05, 0) is 19.5 Å². The van der Waals surface area contributed by atoms with E-state index in [-0.39, 0.29) is 11.9 Å². The van der Waals surface area contributed by atoms with E-state index in [4.69, 9.17) is 9.47 Å². The molecule has 0 radical (unpaired) electrons. The molecule has 0 aliphatic carbocycles. The molecular formula is C21H25F2N5O2. The summed E-state index contributed by atoms with van der Waals surface area (Å²) in [4.78, 5) is 13.1. The Labute approximate surface area is 173 Å². The van der Waals surface area contributed by atoms with Crippen molar-refractivity contribution in [1.29, 1.82) is 0 Å². The molecule has 1 N–H and O–H groups in total. The molecule has 0 aromatic carbocycles. The van der Waals surface area contributed by atoms with E-state index in [0.717, 1.165) is 18.3 Å². The van der Waals surface area contributed by atoms with Crippen molar-refractivity contribution < 1.29 is 18.3 Å². The molecule has 0 bridgehead atoms. The fourth-order valence-corrected chi connectivity index (χ4v) is 3.04. The van der Waals surface area contributed by atoms with Gasteiger partial charge in [-0.2, -0.15) is 0 Å². The highest BCUT2D eigenvalue weighted by Crippen LogP contribution is 2.32. The Hall–Kier alpha value is -3.07. The summed E-state index contributed by atoms with van der Waals surface area (Å²) in [7, 11) is 1.54. The van der Waals surface area contributed by atoms with Crippen LogP contribution in [0.5, 0.6) is 11.6 Å². The van der Waals surface area contributed by atoms with Gasteiger partial charge in [0.15, 0.2) is 6.61 Å². The van der Waals surface area contributed by atoms with Crippen molar-refractivity contribution in [3.05, 3.63) is 49.2 Å². The number of allylic oxidation sites excluding steroid dienone is 1. The van der Waals surface area contributed by atoms with Gasteiger partial charge in [0, 0.05) is 36.6 Å². The number of fused-ring (bicyclic) bond motifs is 1. The number of methoxy groups -OCH3 is 1. The van der Waals surface area contributed by atoms with Crippen molar-refractivity contribution >= 4 is 5.65 Å². The normalized spacial score (nSPS) is 12.7. The molecule has 0 aliphatic heterocycles. The molecular weight excluding hydrogens is 392 g/mol. The summed E-state index contributed by atoms with van der Waals surface area (Å²) in [6.07, 6.45) is 7.30. The highest BCUT2D eigenvalue weighted by Gasteiger charge is 2.29. The first-order chi connectivity index (χ1) is 14.4. The molecule has 3 aromatic heterocycles. The lowest BCUT2D eigenvalue weighted by molar-refractivity contribution is -0.0385. The maximum absolute atomic E-state index is 13.9. The number of pyridine rings is 1. The third-order valence-electron chi connectivity index (χ3n) is 4.54. The number of ether oxygens (including phenoxy) is 2. The van der Waals surface area contributed by atoms with E-state index < -0.39 is 19.0 Å². The fraction of sp³-hybridized carbons (Fsp3) is 0.381. The molecule has 3 aromatic rings. The minimum Gasteiger partial charge on any atom is -0.494 e. The number of rotatable bonds is 10. The standard InChI is InChI=1S/C21H25F2N5O2/c1-5-7-21(22,23)13-30-20-19-25-8-9-28(19)12-17(27-20)15-10-16(14(3)24-6-2)26-11-18(15)29-4/h5,8-12,14,24H,1,6-7,13H2,2-4H3/t14-/m1/s1. The van der Waals surface area contributed by atoms with Crippen molar-refractivity contribution in [2.75, 3.05) is 20.3 Å². The molecule has 7 nitrogen and oxygen atoms in total. The van der Waals surface area contributed by atoms with E-state index in [0.29, 0.717) is 22.7 Å². The van der Waals surface area contributed by atoms with Gasteiger partial charge in [0.2, 0.25) is 5.65 Å². The third kappa shape index (κ3) is 4.73. The lowest BCUT2D eigenvalue weighted by Crippen LogP contribution is -2.25. The lowest BCUT2D eigenvalue weighted by Gasteiger charge is -2.17. The molecule has 30 heavy (non-hydrogen) atoms. The van der Waals surface area contributed by atoms with Gasteiger partial charge in [0.1, 0.15) is 5.75 Å². The van der Waals surface area contributed by atoms with E-state index in [9.17, 15) is 8.78 Å². The Morgan fingerprint density at radius 3 is 2.87 bits per heavy atom. The van der Waals surface area contributed by atoms with Crippen molar-refractivity contribution in [2.45, 2.75) is 32.2 Å². The minimum absolute atomic E-state index is 0.0152. The molecule has 0 fully saturated rings. The van der Waals surface area contributed by atoms with E-state index in [1.54, 1.807) is 29.2 Å². The zero-order valence-electron chi connectivity index (χ0n) is 17.2. The van der Waals surface area contributed by atoms with Crippen LogP contribution in [0.25, 0.3) is 16.9 Å². The number of alkyl halides is 2. The number of nitrogens with one attached hydrogen (secondary N) is 1. The maximum atomic E-state index is 13.9. The number of nitrogens with zero attached hydrogens (tertiary/aromatic N) is 4. The van der Waals surface area contributed by atoms with Gasteiger partial charge in [-0.3, -0.25) is 4.98 Å². The number of hydrogen-bond donors (Lipinski definition) is 1. The van der Waals surface area contributed by atoms with Crippen LogP contribution < -0.4 is 14.8 Å². The van der Waals surface area contributed by atoms with Crippen LogP contribution in [0.4, 0.5) is 8.78 Å². The van der Waals surface area contributed by atoms with Crippen molar-refractivity contribution in [2.24, 2.45) is 0 Å². The Balaban J connectivity index is 2.04. The molecule has 0 spiro atoms. The van der Waals surface area contributed by atoms with Gasteiger partial charge >= 0.3 is 0 Å². The van der Waals surface area contributed by atoms with Crippen LogP contribution >= 0.6 is 0 Å². The predicted molar refractivity (Wildman–Crippen MR) is 110 cm³/mol. The second-order valence-electron chi connectivity index (χ2n) is 6.82. The lowest BCUT2D eigenvalue weighted by atomic mass is 10.1. The van der Waals surface area contributed by atoms with E-state index >= 15 is 0 Å². The Kier molecular flexibility index (Phi) is 6.61. The number of halogens is 2. The van der Waals surface area contributed by atoms with Crippen LogP contribution in [0.15, 0.2) is 43.5 Å². The van der Waals surface area contributed by atoms with E-state index in [2.05, 4.69) is 26.8 Å². The van der Waals surface area contributed by atoms with Gasteiger partial charge in [-0.1, -0.05) is 13.0 Å². The first-order valence-corrected chi connectivity index (χ1v) is 9.61. The first-order valence-electron chi connectivity index (χ1n) is 9.61. The zero-order valence-corrected chi connectivity index (χ0v) is 17.2. The molecule has 160 valence electrons. The van der Waals surface area contributed by atoms with Gasteiger partial charge < -0.3 is 19.2 Å². The molecule has 3 rings (SSSR count). The first kappa shape index (κ1) is 21.6. The summed E-state index contributed by atoms with van der Waals surface area (Å²) in [5.74, 6) is -2.52. The third-order valence-corrected chi connectivity index (χ3v) is 4.54. The second-order valence-corrected chi connectivity index (χ2v) is 6.82. The predicted octanol–water partition coefficient (Wildman–Crippen LogP) is 4.06. The van der Waals surface area contributed by atoms with E-state index in [1.165, 1.54) is 7.11 Å².